The summed E-state index contributed by atoms with van der Waals surface area (Å²) in [5.41, 5.74) is 1.49. The first-order valence-corrected chi connectivity index (χ1v) is 6.04. The number of benzene rings is 1. The number of hydrogen-bond acceptors (Lipinski definition) is 4. The molecule has 6 nitrogen and oxygen atoms in total. The molecule has 1 aromatic rings. The van der Waals surface area contributed by atoms with Gasteiger partial charge in [0.15, 0.2) is 0 Å². The van der Waals surface area contributed by atoms with Crippen LogP contribution in [0.5, 0.6) is 0 Å². The maximum atomic E-state index is 11.4. The summed E-state index contributed by atoms with van der Waals surface area (Å²) in [4.78, 5) is 21.8. The van der Waals surface area contributed by atoms with Crippen LogP contribution in [-0.2, 0) is 16.1 Å². The maximum absolute atomic E-state index is 11.4. The van der Waals surface area contributed by atoms with Gasteiger partial charge in [-0.1, -0.05) is 19.1 Å². The van der Waals surface area contributed by atoms with Gasteiger partial charge in [-0.15, -0.1) is 0 Å². The fraction of sp³-hybridized carbons (Fsp3) is 0.385. The second-order valence-corrected chi connectivity index (χ2v) is 3.93. The van der Waals surface area contributed by atoms with E-state index < -0.39 is 12.2 Å². The third-order valence-corrected chi connectivity index (χ3v) is 2.52. The molecule has 6 heteroatoms. The van der Waals surface area contributed by atoms with Crippen molar-refractivity contribution < 1.29 is 19.4 Å². The van der Waals surface area contributed by atoms with Gasteiger partial charge in [0.1, 0.15) is 6.10 Å². The van der Waals surface area contributed by atoms with Crippen molar-refractivity contribution in [2.45, 2.75) is 26.0 Å². The number of carbonyl (C=O) groups excluding carboxylic acids is 2. The molecular weight excluding hydrogens is 248 g/mol. The van der Waals surface area contributed by atoms with E-state index >= 15 is 0 Å². The van der Waals surface area contributed by atoms with Gasteiger partial charge < -0.3 is 20.5 Å². The zero-order valence-corrected chi connectivity index (χ0v) is 10.8. The number of aliphatic hydroxyl groups is 1. The number of carbonyl (C=O) groups is 2. The molecule has 0 unspecified atom stereocenters. The predicted molar refractivity (Wildman–Crippen MR) is 70.6 cm³/mol. The molecule has 19 heavy (non-hydrogen) atoms. The lowest BCUT2D eigenvalue weighted by Crippen LogP contribution is -2.30. The minimum atomic E-state index is -0.574. The number of alkyl carbamates (subject to hydrolysis) is 1. The van der Waals surface area contributed by atoms with Crippen LogP contribution < -0.4 is 10.6 Å². The third kappa shape index (κ3) is 5.39. The van der Waals surface area contributed by atoms with Crippen molar-refractivity contribution in [3.05, 3.63) is 29.8 Å². The molecule has 0 bridgehead atoms. The van der Waals surface area contributed by atoms with Crippen LogP contribution in [0.4, 0.5) is 10.5 Å². The standard InChI is InChI=1S/C13H18N2O4/c1-2-12(8-16)19-13(18)14-7-10-4-3-5-11(6-10)15-9-17/h3-6,9,12,16H,2,7-8H2,1H3,(H,14,18)(H,15,17)/t12-/m1/s1. The fourth-order valence-electron chi connectivity index (χ4n) is 1.46. The number of nitrogens with one attached hydrogen (secondary N) is 2. The summed E-state index contributed by atoms with van der Waals surface area (Å²) in [6.45, 7) is 1.92. The monoisotopic (exact) mass is 266 g/mol. The molecule has 1 rings (SSSR count). The highest BCUT2D eigenvalue weighted by molar-refractivity contribution is 5.71. The van der Waals surface area contributed by atoms with E-state index in [1.807, 2.05) is 13.0 Å². The van der Waals surface area contributed by atoms with Crippen LogP contribution in [0.3, 0.4) is 0 Å². The Morgan fingerprint density at radius 2 is 2.32 bits per heavy atom. The molecule has 0 aliphatic heterocycles. The Kier molecular flexibility index (Phi) is 6.38. The lowest BCUT2D eigenvalue weighted by molar-refractivity contribution is -0.105. The molecular formula is C13H18N2O4. The highest BCUT2D eigenvalue weighted by Gasteiger charge is 2.10. The van der Waals surface area contributed by atoms with Crippen molar-refractivity contribution in [3.8, 4) is 0 Å². The normalized spacial score (nSPS) is 11.5. The van der Waals surface area contributed by atoms with Crippen LogP contribution in [-0.4, -0.2) is 30.3 Å². The van der Waals surface area contributed by atoms with Crippen LogP contribution in [0.15, 0.2) is 24.3 Å². The summed E-state index contributed by atoms with van der Waals surface area (Å²) in [6.07, 6.45) is 0.0917. The van der Waals surface area contributed by atoms with Crippen LogP contribution in [0.25, 0.3) is 0 Å². The van der Waals surface area contributed by atoms with Crippen LogP contribution in [0, 0.1) is 0 Å². The fourth-order valence-corrected chi connectivity index (χ4v) is 1.46. The molecule has 0 saturated carbocycles. The molecule has 0 radical (unpaired) electrons. The molecule has 0 aliphatic rings. The molecule has 3 N–H and O–H groups in total. The molecule has 0 fully saturated rings. The zero-order valence-electron chi connectivity index (χ0n) is 10.8. The summed E-state index contributed by atoms with van der Waals surface area (Å²) in [5.74, 6) is 0. The summed E-state index contributed by atoms with van der Waals surface area (Å²) >= 11 is 0. The van der Waals surface area contributed by atoms with Crippen molar-refractivity contribution >= 4 is 18.2 Å². The number of aliphatic hydroxyl groups excluding tert-OH is 1. The average Bonchev–Trinajstić information content (AvgIpc) is 2.43. The van der Waals surface area contributed by atoms with Crippen molar-refractivity contribution in [2.24, 2.45) is 0 Å². The summed E-state index contributed by atoms with van der Waals surface area (Å²) in [5, 5.41) is 14.0. The Balaban J connectivity index is 2.45. The van der Waals surface area contributed by atoms with Crippen LogP contribution >= 0.6 is 0 Å². The Morgan fingerprint density at radius 3 is 2.95 bits per heavy atom. The van der Waals surface area contributed by atoms with Gasteiger partial charge in [0.2, 0.25) is 6.41 Å². The molecule has 1 atom stereocenters. The molecule has 104 valence electrons. The molecule has 1 aromatic carbocycles. The van der Waals surface area contributed by atoms with E-state index in [0.717, 1.165) is 5.56 Å². The zero-order chi connectivity index (χ0) is 14.1. The number of amides is 2. The van der Waals surface area contributed by atoms with Gasteiger partial charge in [0.05, 0.1) is 6.61 Å². The van der Waals surface area contributed by atoms with E-state index in [4.69, 9.17) is 9.84 Å². The quantitative estimate of drug-likeness (QED) is 0.648. The first-order valence-electron chi connectivity index (χ1n) is 6.04. The second kappa shape index (κ2) is 8.10. The minimum Gasteiger partial charge on any atom is -0.444 e. The van der Waals surface area contributed by atoms with Crippen LogP contribution in [0.2, 0.25) is 0 Å². The lowest BCUT2D eigenvalue weighted by Gasteiger charge is -2.14. The van der Waals surface area contributed by atoms with Gasteiger partial charge >= 0.3 is 6.09 Å². The third-order valence-electron chi connectivity index (χ3n) is 2.52. The van der Waals surface area contributed by atoms with E-state index in [0.29, 0.717) is 18.5 Å². The largest absolute Gasteiger partial charge is 0.444 e. The van der Waals surface area contributed by atoms with Gasteiger partial charge in [-0.3, -0.25) is 4.79 Å². The topological polar surface area (TPSA) is 87.7 Å². The first-order chi connectivity index (χ1) is 9.19. The smallest absolute Gasteiger partial charge is 0.407 e. The van der Waals surface area contributed by atoms with Gasteiger partial charge in [-0.25, -0.2) is 4.79 Å². The highest BCUT2D eigenvalue weighted by atomic mass is 16.6. The molecule has 0 aliphatic carbocycles. The maximum Gasteiger partial charge on any atom is 0.407 e. The van der Waals surface area contributed by atoms with E-state index in [2.05, 4.69) is 10.6 Å². The summed E-state index contributed by atoms with van der Waals surface area (Å²) in [6, 6.07) is 7.09. The van der Waals surface area contributed by atoms with E-state index in [9.17, 15) is 9.59 Å². The predicted octanol–water partition coefficient (Wildman–Crippen LogP) is 1.25. The minimum absolute atomic E-state index is 0.192. The van der Waals surface area contributed by atoms with E-state index in [-0.39, 0.29) is 13.2 Å². The van der Waals surface area contributed by atoms with Crippen LogP contribution in [0.1, 0.15) is 18.9 Å². The molecule has 0 aromatic heterocycles. The van der Waals surface area contributed by atoms with Gasteiger partial charge in [0.25, 0.3) is 0 Å². The molecule has 0 spiro atoms. The summed E-state index contributed by atoms with van der Waals surface area (Å²) in [7, 11) is 0. The van der Waals surface area contributed by atoms with Crippen molar-refractivity contribution in [1.29, 1.82) is 0 Å². The number of anilines is 1. The molecule has 0 saturated heterocycles. The van der Waals surface area contributed by atoms with Gasteiger partial charge in [-0.2, -0.15) is 0 Å². The van der Waals surface area contributed by atoms with Gasteiger partial charge in [-0.05, 0) is 24.1 Å². The van der Waals surface area contributed by atoms with Crippen molar-refractivity contribution in [1.82, 2.24) is 5.32 Å². The SMILES string of the molecule is CC[C@H](CO)OC(=O)NCc1cccc(NC=O)c1. The highest BCUT2D eigenvalue weighted by Crippen LogP contribution is 2.09. The first kappa shape index (κ1) is 15.0. The van der Waals surface area contributed by atoms with Crippen molar-refractivity contribution in [3.63, 3.8) is 0 Å². The lowest BCUT2D eigenvalue weighted by atomic mass is 10.2. The number of hydrogen-bond donors (Lipinski definition) is 3. The number of ether oxygens (including phenoxy) is 1. The number of rotatable bonds is 7. The Morgan fingerprint density at radius 1 is 1.53 bits per heavy atom. The Bertz CT molecular complexity index is 419. The Labute approximate surface area is 111 Å². The molecule has 0 heterocycles. The van der Waals surface area contributed by atoms with Gasteiger partial charge in [0, 0.05) is 12.2 Å². The second-order valence-electron chi connectivity index (χ2n) is 3.93. The average molecular weight is 266 g/mol. The van der Waals surface area contributed by atoms with E-state index in [1.54, 1.807) is 18.2 Å². The van der Waals surface area contributed by atoms with Crippen molar-refractivity contribution in [2.75, 3.05) is 11.9 Å². The Hall–Kier alpha value is -2.08. The summed E-state index contributed by atoms with van der Waals surface area (Å²) < 4.78 is 4.98. The molecule has 2 amide bonds. The van der Waals surface area contributed by atoms with E-state index in [1.165, 1.54) is 0 Å².